The van der Waals surface area contributed by atoms with Crippen LogP contribution >= 0.6 is 0 Å². The van der Waals surface area contributed by atoms with Gasteiger partial charge in [0.25, 0.3) is 0 Å². The quantitative estimate of drug-likeness (QED) is 0.319. The largest absolute Gasteiger partial charge is 0.497 e. The van der Waals surface area contributed by atoms with Crippen molar-refractivity contribution in [1.82, 2.24) is 0 Å². The number of ether oxygens (including phenoxy) is 6. The second-order valence-electron chi connectivity index (χ2n) is 7.03. The summed E-state index contributed by atoms with van der Waals surface area (Å²) in [5.41, 5.74) is 0.921. The Morgan fingerprint density at radius 2 is 1.18 bits per heavy atom. The number of Topliss-reactive ketones (excluding diaryl/α,β-unsaturated/α-hetero) is 1. The zero-order valence-electron chi connectivity index (χ0n) is 19.6. The lowest BCUT2D eigenvalue weighted by atomic mass is 9.99. The van der Waals surface area contributed by atoms with E-state index in [0.29, 0.717) is 28.4 Å². The standard InChI is InChI=1S/C26H26O8/c1-29-18-10-6-16(7-11-18)22(27)23(17-8-12-19(30-2)13-9-17)34-26(28)20-14-15-21(31-3)25(33-5)24(20)32-4/h6-15,23H,1-5H3/t23-/m1/s1. The van der Waals surface area contributed by atoms with Gasteiger partial charge in [-0.15, -0.1) is 0 Å². The highest BCUT2D eigenvalue weighted by Gasteiger charge is 2.30. The molecule has 3 aromatic carbocycles. The molecule has 34 heavy (non-hydrogen) atoms. The van der Waals surface area contributed by atoms with Crippen LogP contribution in [0.1, 0.15) is 32.4 Å². The molecule has 0 unspecified atom stereocenters. The van der Waals surface area contributed by atoms with Gasteiger partial charge in [-0.05, 0) is 48.5 Å². The SMILES string of the molecule is COc1ccc(C(=O)[C@H](OC(=O)c2ccc(OC)c(OC)c2OC)c2ccc(OC)cc2)cc1. The van der Waals surface area contributed by atoms with Crippen LogP contribution in [0, 0.1) is 0 Å². The number of carbonyl (C=O) groups is 2. The molecule has 0 radical (unpaired) electrons. The summed E-state index contributed by atoms with van der Waals surface area (Å²) >= 11 is 0. The number of esters is 1. The van der Waals surface area contributed by atoms with E-state index in [1.54, 1.807) is 61.7 Å². The molecule has 0 aliphatic rings. The van der Waals surface area contributed by atoms with E-state index in [2.05, 4.69) is 0 Å². The minimum atomic E-state index is -1.22. The molecule has 3 rings (SSSR count). The van der Waals surface area contributed by atoms with E-state index in [4.69, 9.17) is 28.4 Å². The summed E-state index contributed by atoms with van der Waals surface area (Å²) in [5, 5.41) is 0. The third-order valence-corrected chi connectivity index (χ3v) is 5.18. The number of methoxy groups -OCH3 is 5. The number of hydrogen-bond acceptors (Lipinski definition) is 8. The van der Waals surface area contributed by atoms with Crippen LogP contribution in [0.3, 0.4) is 0 Å². The van der Waals surface area contributed by atoms with Crippen LogP contribution in [-0.4, -0.2) is 47.3 Å². The molecule has 0 spiro atoms. The Labute approximate surface area is 197 Å². The number of ketones is 1. The normalized spacial score (nSPS) is 11.2. The summed E-state index contributed by atoms with van der Waals surface area (Å²) in [4.78, 5) is 26.7. The molecule has 0 bridgehead atoms. The summed E-state index contributed by atoms with van der Waals surface area (Å²) in [6.45, 7) is 0. The van der Waals surface area contributed by atoms with E-state index in [0.717, 1.165) is 0 Å². The summed E-state index contributed by atoms with van der Waals surface area (Å²) in [6.07, 6.45) is -1.22. The molecule has 0 aliphatic heterocycles. The van der Waals surface area contributed by atoms with E-state index in [1.807, 2.05) is 0 Å². The molecule has 1 atom stereocenters. The predicted molar refractivity (Wildman–Crippen MR) is 125 cm³/mol. The van der Waals surface area contributed by atoms with Crippen molar-refractivity contribution in [3.63, 3.8) is 0 Å². The highest BCUT2D eigenvalue weighted by molar-refractivity contribution is 6.03. The molecule has 0 saturated heterocycles. The van der Waals surface area contributed by atoms with Gasteiger partial charge in [0.1, 0.15) is 17.1 Å². The Kier molecular flexibility index (Phi) is 7.97. The number of benzene rings is 3. The lowest BCUT2D eigenvalue weighted by Crippen LogP contribution is -2.21. The molecule has 0 saturated carbocycles. The second kappa shape index (κ2) is 11.1. The van der Waals surface area contributed by atoms with Gasteiger partial charge in [-0.25, -0.2) is 4.79 Å². The molecule has 0 fully saturated rings. The summed E-state index contributed by atoms with van der Waals surface area (Å²) in [5.74, 6) is 0.800. The number of hydrogen-bond donors (Lipinski definition) is 0. The molecule has 0 aromatic heterocycles. The maximum atomic E-state index is 13.4. The first kappa shape index (κ1) is 24.4. The van der Waals surface area contributed by atoms with Crippen molar-refractivity contribution in [2.45, 2.75) is 6.10 Å². The van der Waals surface area contributed by atoms with Gasteiger partial charge in [0.2, 0.25) is 11.5 Å². The van der Waals surface area contributed by atoms with Gasteiger partial charge in [0.05, 0.1) is 35.5 Å². The third kappa shape index (κ3) is 5.06. The summed E-state index contributed by atoms with van der Waals surface area (Å²) in [7, 11) is 7.39. The zero-order valence-corrected chi connectivity index (χ0v) is 19.6. The number of carbonyl (C=O) groups excluding carboxylic acids is 2. The third-order valence-electron chi connectivity index (χ3n) is 5.18. The predicted octanol–water partition coefficient (Wildman–Crippen LogP) is 4.51. The molecule has 0 heterocycles. The lowest BCUT2D eigenvalue weighted by Gasteiger charge is -2.20. The van der Waals surface area contributed by atoms with E-state index >= 15 is 0 Å². The van der Waals surface area contributed by atoms with Crippen LogP contribution in [0.5, 0.6) is 28.7 Å². The first-order valence-corrected chi connectivity index (χ1v) is 10.3. The van der Waals surface area contributed by atoms with Crippen LogP contribution in [0.25, 0.3) is 0 Å². The van der Waals surface area contributed by atoms with Crippen molar-refractivity contribution in [3.8, 4) is 28.7 Å². The van der Waals surface area contributed by atoms with Crippen molar-refractivity contribution in [2.75, 3.05) is 35.5 Å². The van der Waals surface area contributed by atoms with Crippen molar-refractivity contribution in [3.05, 3.63) is 77.4 Å². The highest BCUT2D eigenvalue weighted by atomic mass is 16.6. The van der Waals surface area contributed by atoms with Crippen LogP contribution < -0.4 is 23.7 Å². The first-order valence-electron chi connectivity index (χ1n) is 10.3. The van der Waals surface area contributed by atoms with Gasteiger partial charge in [-0.3, -0.25) is 4.79 Å². The Morgan fingerprint density at radius 1 is 0.618 bits per heavy atom. The molecule has 178 valence electrons. The molecule has 0 N–H and O–H groups in total. The second-order valence-corrected chi connectivity index (χ2v) is 7.03. The number of rotatable bonds is 10. The van der Waals surface area contributed by atoms with Crippen molar-refractivity contribution in [2.24, 2.45) is 0 Å². The fourth-order valence-electron chi connectivity index (χ4n) is 3.39. The van der Waals surface area contributed by atoms with E-state index < -0.39 is 17.9 Å². The fourth-order valence-corrected chi connectivity index (χ4v) is 3.39. The highest BCUT2D eigenvalue weighted by Crippen LogP contribution is 2.40. The fraction of sp³-hybridized carbons (Fsp3) is 0.231. The van der Waals surface area contributed by atoms with E-state index in [9.17, 15) is 9.59 Å². The van der Waals surface area contributed by atoms with Crippen LogP contribution in [0.2, 0.25) is 0 Å². The molecule has 3 aromatic rings. The summed E-state index contributed by atoms with van der Waals surface area (Å²) < 4.78 is 32.1. The van der Waals surface area contributed by atoms with Crippen LogP contribution in [-0.2, 0) is 4.74 Å². The zero-order chi connectivity index (χ0) is 24.7. The maximum Gasteiger partial charge on any atom is 0.343 e. The van der Waals surface area contributed by atoms with E-state index in [1.165, 1.54) is 34.5 Å². The molecular weight excluding hydrogens is 440 g/mol. The average molecular weight is 466 g/mol. The van der Waals surface area contributed by atoms with Crippen LogP contribution in [0.15, 0.2) is 60.7 Å². The minimum absolute atomic E-state index is 0.0844. The molecule has 0 amide bonds. The monoisotopic (exact) mass is 466 g/mol. The van der Waals surface area contributed by atoms with Gasteiger partial charge in [-0.2, -0.15) is 0 Å². The smallest absolute Gasteiger partial charge is 0.343 e. The Bertz CT molecular complexity index is 1140. The van der Waals surface area contributed by atoms with Gasteiger partial charge in [0, 0.05) is 11.1 Å². The lowest BCUT2D eigenvalue weighted by molar-refractivity contribution is 0.0276. The Balaban J connectivity index is 2.01. The van der Waals surface area contributed by atoms with Crippen LogP contribution in [0.4, 0.5) is 0 Å². The Hall–Kier alpha value is -4.20. The minimum Gasteiger partial charge on any atom is -0.497 e. The molecule has 8 heteroatoms. The summed E-state index contributed by atoms with van der Waals surface area (Å²) in [6, 6.07) is 16.3. The van der Waals surface area contributed by atoms with Gasteiger partial charge >= 0.3 is 5.97 Å². The molecule has 0 aliphatic carbocycles. The van der Waals surface area contributed by atoms with E-state index in [-0.39, 0.29) is 17.1 Å². The van der Waals surface area contributed by atoms with Crippen molar-refractivity contribution >= 4 is 11.8 Å². The molecular formula is C26H26O8. The Morgan fingerprint density at radius 3 is 1.68 bits per heavy atom. The topological polar surface area (TPSA) is 89.5 Å². The van der Waals surface area contributed by atoms with Crippen molar-refractivity contribution in [1.29, 1.82) is 0 Å². The molecule has 8 nitrogen and oxygen atoms in total. The van der Waals surface area contributed by atoms with Crippen molar-refractivity contribution < 1.29 is 38.0 Å². The van der Waals surface area contributed by atoms with Gasteiger partial charge in [0.15, 0.2) is 17.6 Å². The average Bonchev–Trinajstić information content (AvgIpc) is 2.90. The first-order chi connectivity index (χ1) is 16.5. The maximum absolute atomic E-state index is 13.4. The van der Waals surface area contributed by atoms with Gasteiger partial charge < -0.3 is 28.4 Å². The van der Waals surface area contributed by atoms with Gasteiger partial charge in [-0.1, -0.05) is 12.1 Å².